The van der Waals surface area contributed by atoms with Crippen LogP contribution in [0.4, 0.5) is 0 Å². The molecular formula is C37H37NO6S. The predicted molar refractivity (Wildman–Crippen MR) is 172 cm³/mol. The SMILES string of the molecule is O[C@@]1(c2nccs2)O[C@H](COCc2ccccc2)[C@@H](OCc2ccccc2)[C@H](OCc2ccccc2)[C@@H]1OCc1ccccc1. The molecule has 1 aliphatic rings. The lowest BCUT2D eigenvalue weighted by atomic mass is 9.91. The van der Waals surface area contributed by atoms with Crippen LogP contribution in [-0.2, 0) is 55.9 Å². The molecule has 1 fully saturated rings. The quantitative estimate of drug-likeness (QED) is 0.148. The summed E-state index contributed by atoms with van der Waals surface area (Å²) in [5, 5.41) is 14.6. The second kappa shape index (κ2) is 15.5. The highest BCUT2D eigenvalue weighted by Crippen LogP contribution is 2.42. The number of thiazole rings is 1. The lowest BCUT2D eigenvalue weighted by molar-refractivity contribution is -0.378. The van der Waals surface area contributed by atoms with Gasteiger partial charge in [0.25, 0.3) is 0 Å². The highest BCUT2D eigenvalue weighted by molar-refractivity contribution is 7.09. The van der Waals surface area contributed by atoms with E-state index in [9.17, 15) is 5.11 Å². The molecule has 0 radical (unpaired) electrons. The largest absolute Gasteiger partial charge is 0.374 e. The van der Waals surface area contributed by atoms with Crippen molar-refractivity contribution in [1.82, 2.24) is 4.98 Å². The molecule has 5 atom stereocenters. The topological polar surface area (TPSA) is 79.3 Å². The Bertz CT molecular complexity index is 1540. The van der Waals surface area contributed by atoms with Gasteiger partial charge in [-0.1, -0.05) is 121 Å². The zero-order chi connectivity index (χ0) is 30.7. The minimum absolute atomic E-state index is 0.151. The Balaban J connectivity index is 1.34. The molecule has 0 saturated carbocycles. The Morgan fingerprint density at radius 2 is 1.09 bits per heavy atom. The van der Waals surface area contributed by atoms with Crippen LogP contribution in [0.2, 0.25) is 0 Å². The number of hydrogen-bond acceptors (Lipinski definition) is 8. The molecule has 7 nitrogen and oxygen atoms in total. The molecule has 1 aliphatic heterocycles. The first kappa shape index (κ1) is 31.3. The van der Waals surface area contributed by atoms with E-state index in [4.69, 9.17) is 23.7 Å². The van der Waals surface area contributed by atoms with Crippen LogP contribution in [0.15, 0.2) is 133 Å². The molecule has 4 aromatic carbocycles. The van der Waals surface area contributed by atoms with E-state index in [1.165, 1.54) is 11.3 Å². The Labute approximate surface area is 268 Å². The van der Waals surface area contributed by atoms with E-state index >= 15 is 0 Å². The van der Waals surface area contributed by atoms with Crippen LogP contribution in [0.25, 0.3) is 0 Å². The second-order valence-corrected chi connectivity index (χ2v) is 11.8. The zero-order valence-corrected chi connectivity index (χ0v) is 25.7. The van der Waals surface area contributed by atoms with Gasteiger partial charge in [-0.25, -0.2) is 4.98 Å². The zero-order valence-electron chi connectivity index (χ0n) is 24.9. The Morgan fingerprint density at radius 1 is 0.622 bits per heavy atom. The summed E-state index contributed by atoms with van der Waals surface area (Å²) in [5.41, 5.74) is 3.98. The standard InChI is InChI=1S/C37H37NO6S/c39-37(36-38-21-22-45-36)35(43-26-31-19-11-4-12-20-31)34(42-25-30-17-9-3-10-18-30)33(41-24-29-15-7-2-8-16-29)32(44-37)27-40-23-28-13-5-1-6-14-28/h1-22,32-35,39H,23-27H2/t32-,33-,34+,35+,37-/m1/s1. The first-order chi connectivity index (χ1) is 22.2. The van der Waals surface area contributed by atoms with Crippen LogP contribution < -0.4 is 0 Å². The lowest BCUT2D eigenvalue weighted by Crippen LogP contribution is -2.65. The number of ether oxygens (including phenoxy) is 5. The third-order valence-electron chi connectivity index (χ3n) is 7.68. The molecule has 6 rings (SSSR count). The number of nitrogens with zero attached hydrogens (tertiary/aromatic N) is 1. The maximum atomic E-state index is 12.4. The summed E-state index contributed by atoms with van der Waals surface area (Å²) in [7, 11) is 0. The van der Waals surface area contributed by atoms with Gasteiger partial charge in [0.1, 0.15) is 24.4 Å². The molecule has 0 bridgehead atoms. The first-order valence-electron chi connectivity index (χ1n) is 15.1. The number of benzene rings is 4. The van der Waals surface area contributed by atoms with Crippen LogP contribution in [0, 0.1) is 0 Å². The Hall–Kier alpha value is -3.73. The maximum absolute atomic E-state index is 12.4. The summed E-state index contributed by atoms with van der Waals surface area (Å²) < 4.78 is 32.7. The molecule has 0 unspecified atom stereocenters. The van der Waals surface area contributed by atoms with E-state index in [0.29, 0.717) is 18.2 Å². The third kappa shape index (κ3) is 8.11. The number of aliphatic hydroxyl groups is 1. The highest BCUT2D eigenvalue weighted by Gasteiger charge is 2.58. The van der Waals surface area contributed by atoms with Gasteiger partial charge in [0.2, 0.25) is 5.79 Å². The Morgan fingerprint density at radius 3 is 1.58 bits per heavy atom. The van der Waals surface area contributed by atoms with Crippen LogP contribution in [0.5, 0.6) is 0 Å². The van der Waals surface area contributed by atoms with E-state index < -0.39 is 30.2 Å². The minimum Gasteiger partial charge on any atom is -0.374 e. The molecule has 1 N–H and O–H groups in total. The molecule has 2 heterocycles. The van der Waals surface area contributed by atoms with E-state index in [1.54, 1.807) is 6.20 Å². The van der Waals surface area contributed by atoms with Gasteiger partial charge in [-0.3, -0.25) is 0 Å². The van der Waals surface area contributed by atoms with Gasteiger partial charge in [0, 0.05) is 11.6 Å². The average molecular weight is 624 g/mol. The molecule has 1 aromatic heterocycles. The van der Waals surface area contributed by atoms with Crippen molar-refractivity contribution in [2.75, 3.05) is 6.61 Å². The second-order valence-electron chi connectivity index (χ2n) is 10.9. The molecular weight excluding hydrogens is 586 g/mol. The number of rotatable bonds is 14. The fraction of sp³-hybridized carbons (Fsp3) is 0.270. The van der Waals surface area contributed by atoms with Crippen molar-refractivity contribution in [2.24, 2.45) is 0 Å². The Kier molecular flexibility index (Phi) is 10.8. The monoisotopic (exact) mass is 623 g/mol. The molecule has 1 saturated heterocycles. The van der Waals surface area contributed by atoms with Crippen molar-refractivity contribution in [1.29, 1.82) is 0 Å². The lowest BCUT2D eigenvalue weighted by Gasteiger charge is -2.49. The van der Waals surface area contributed by atoms with Crippen LogP contribution in [-0.4, -0.2) is 41.1 Å². The summed E-state index contributed by atoms with van der Waals surface area (Å²) in [5.74, 6) is -1.92. The fourth-order valence-electron chi connectivity index (χ4n) is 5.43. The van der Waals surface area contributed by atoms with E-state index in [1.807, 2.05) is 127 Å². The predicted octanol–water partition coefficient (Wildman–Crippen LogP) is 6.66. The third-order valence-corrected chi connectivity index (χ3v) is 8.56. The van der Waals surface area contributed by atoms with Crippen molar-refractivity contribution in [3.63, 3.8) is 0 Å². The fourth-order valence-corrected chi connectivity index (χ4v) is 6.13. The summed E-state index contributed by atoms with van der Waals surface area (Å²) in [6.07, 6.45) is -1.42. The van der Waals surface area contributed by atoms with Crippen LogP contribution in [0.1, 0.15) is 27.3 Å². The van der Waals surface area contributed by atoms with Crippen molar-refractivity contribution in [3.05, 3.63) is 160 Å². The van der Waals surface area contributed by atoms with Crippen molar-refractivity contribution in [2.45, 2.75) is 56.6 Å². The number of aromatic nitrogens is 1. The van der Waals surface area contributed by atoms with Gasteiger partial charge in [-0.2, -0.15) is 0 Å². The summed E-state index contributed by atoms with van der Waals surface area (Å²) in [4.78, 5) is 4.48. The van der Waals surface area contributed by atoms with E-state index in [0.717, 1.165) is 22.3 Å². The molecule has 0 amide bonds. The average Bonchev–Trinajstić information content (AvgIpc) is 3.65. The molecule has 8 heteroatoms. The summed E-state index contributed by atoms with van der Waals surface area (Å²) in [6, 6.07) is 39.7. The van der Waals surface area contributed by atoms with Gasteiger partial charge < -0.3 is 28.8 Å². The van der Waals surface area contributed by atoms with Crippen molar-refractivity contribution < 1.29 is 28.8 Å². The van der Waals surface area contributed by atoms with Crippen LogP contribution in [0.3, 0.4) is 0 Å². The van der Waals surface area contributed by atoms with Crippen molar-refractivity contribution >= 4 is 11.3 Å². The summed E-state index contributed by atoms with van der Waals surface area (Å²) >= 11 is 1.30. The van der Waals surface area contributed by atoms with Gasteiger partial charge in [0.05, 0.1) is 33.0 Å². The molecule has 232 valence electrons. The van der Waals surface area contributed by atoms with Gasteiger partial charge in [-0.15, -0.1) is 11.3 Å². The highest BCUT2D eigenvalue weighted by atomic mass is 32.1. The van der Waals surface area contributed by atoms with E-state index in [-0.39, 0.29) is 19.8 Å². The molecule has 45 heavy (non-hydrogen) atoms. The van der Waals surface area contributed by atoms with Gasteiger partial charge in [0.15, 0.2) is 5.01 Å². The normalized spacial score (nSPS) is 23.1. The molecule has 0 spiro atoms. The van der Waals surface area contributed by atoms with Crippen molar-refractivity contribution in [3.8, 4) is 0 Å². The molecule has 5 aromatic rings. The molecule has 0 aliphatic carbocycles. The minimum atomic E-state index is -1.92. The van der Waals surface area contributed by atoms with Crippen LogP contribution >= 0.6 is 11.3 Å². The van der Waals surface area contributed by atoms with E-state index in [2.05, 4.69) is 4.98 Å². The smallest absolute Gasteiger partial charge is 0.250 e. The first-order valence-corrected chi connectivity index (χ1v) is 16.0. The maximum Gasteiger partial charge on any atom is 0.250 e. The summed E-state index contributed by atoms with van der Waals surface area (Å²) in [6.45, 7) is 1.36. The van der Waals surface area contributed by atoms with Gasteiger partial charge in [-0.05, 0) is 22.3 Å². The number of hydrogen-bond donors (Lipinski definition) is 1. The van der Waals surface area contributed by atoms with Gasteiger partial charge >= 0.3 is 0 Å².